The van der Waals surface area contributed by atoms with Crippen LogP contribution in [0.4, 0.5) is 4.79 Å². The van der Waals surface area contributed by atoms with Gasteiger partial charge >= 0.3 is 6.09 Å². The summed E-state index contributed by atoms with van der Waals surface area (Å²) in [6.07, 6.45) is 4.83. The maximum Gasteiger partial charge on any atom is 0.408 e. The zero-order valence-electron chi connectivity index (χ0n) is 10.4. The minimum absolute atomic E-state index is 0.165. The third-order valence-electron chi connectivity index (χ3n) is 3.69. The largest absolute Gasteiger partial charge is 0.444 e. The highest BCUT2D eigenvalue weighted by atomic mass is 16.6. The minimum atomic E-state index is -0.444. The normalized spacial score (nSPS) is 25.5. The Morgan fingerprint density at radius 1 is 1.25 bits per heavy atom. The Morgan fingerprint density at radius 2 is 1.81 bits per heavy atom. The SMILES string of the molecule is CC(C)(C)OC(=O)NC1(C2(N)CC2)CCC1. The van der Waals surface area contributed by atoms with Gasteiger partial charge in [0.2, 0.25) is 0 Å². The molecule has 2 aliphatic rings. The van der Waals surface area contributed by atoms with Crippen molar-refractivity contribution in [2.75, 3.05) is 0 Å². The van der Waals surface area contributed by atoms with Crippen LogP contribution < -0.4 is 11.1 Å². The molecular weight excluding hydrogens is 204 g/mol. The lowest BCUT2D eigenvalue weighted by Gasteiger charge is -2.47. The average molecular weight is 226 g/mol. The van der Waals surface area contributed by atoms with E-state index in [-0.39, 0.29) is 17.2 Å². The van der Waals surface area contributed by atoms with Gasteiger partial charge in [-0.15, -0.1) is 0 Å². The quantitative estimate of drug-likeness (QED) is 0.756. The van der Waals surface area contributed by atoms with Gasteiger partial charge in [-0.3, -0.25) is 0 Å². The van der Waals surface area contributed by atoms with Crippen molar-refractivity contribution in [1.82, 2.24) is 5.32 Å². The van der Waals surface area contributed by atoms with Crippen molar-refractivity contribution in [2.24, 2.45) is 5.73 Å². The standard InChI is InChI=1S/C12H22N2O2/c1-10(2,3)16-9(15)14-12(5-4-6-12)11(13)7-8-11/h4-8,13H2,1-3H3,(H,14,15). The third-order valence-corrected chi connectivity index (χ3v) is 3.69. The van der Waals surface area contributed by atoms with Crippen LogP contribution in [0.15, 0.2) is 0 Å². The maximum atomic E-state index is 11.8. The van der Waals surface area contributed by atoms with E-state index >= 15 is 0 Å². The lowest BCUT2D eigenvalue weighted by Crippen LogP contribution is -2.66. The fourth-order valence-corrected chi connectivity index (χ4v) is 2.39. The van der Waals surface area contributed by atoms with Gasteiger partial charge in [-0.1, -0.05) is 0 Å². The number of carbonyl (C=O) groups excluding carboxylic acids is 1. The first kappa shape index (κ1) is 11.7. The molecule has 16 heavy (non-hydrogen) atoms. The van der Waals surface area contributed by atoms with Crippen LogP contribution in [0.3, 0.4) is 0 Å². The number of hydrogen-bond donors (Lipinski definition) is 2. The lowest BCUT2D eigenvalue weighted by atomic mass is 9.70. The number of hydrogen-bond acceptors (Lipinski definition) is 3. The molecule has 0 aromatic heterocycles. The van der Waals surface area contributed by atoms with Crippen LogP contribution in [0.1, 0.15) is 52.9 Å². The zero-order chi connectivity index (χ0) is 12.0. The predicted molar refractivity (Wildman–Crippen MR) is 62.1 cm³/mol. The molecule has 4 heteroatoms. The molecule has 2 saturated carbocycles. The summed E-state index contributed by atoms with van der Waals surface area (Å²) >= 11 is 0. The first-order valence-corrected chi connectivity index (χ1v) is 6.07. The molecule has 3 N–H and O–H groups in total. The van der Waals surface area contributed by atoms with Crippen molar-refractivity contribution < 1.29 is 9.53 Å². The fourth-order valence-electron chi connectivity index (χ4n) is 2.39. The van der Waals surface area contributed by atoms with Crippen molar-refractivity contribution in [3.63, 3.8) is 0 Å². The van der Waals surface area contributed by atoms with Gasteiger partial charge in [0, 0.05) is 5.54 Å². The molecule has 0 saturated heterocycles. The Kier molecular flexibility index (Phi) is 2.46. The summed E-state index contributed by atoms with van der Waals surface area (Å²) < 4.78 is 5.29. The number of alkyl carbamates (subject to hydrolysis) is 1. The molecule has 2 fully saturated rings. The molecule has 92 valence electrons. The summed E-state index contributed by atoms with van der Waals surface area (Å²) in [6, 6.07) is 0. The molecule has 0 aromatic carbocycles. The Bertz CT molecular complexity index is 299. The van der Waals surface area contributed by atoms with E-state index in [9.17, 15) is 4.79 Å². The number of amides is 1. The van der Waals surface area contributed by atoms with Crippen molar-refractivity contribution in [2.45, 2.75) is 69.6 Å². The van der Waals surface area contributed by atoms with Crippen molar-refractivity contribution in [3.8, 4) is 0 Å². The second-order valence-corrected chi connectivity index (χ2v) is 6.22. The van der Waals surface area contributed by atoms with Crippen molar-refractivity contribution >= 4 is 6.09 Å². The summed E-state index contributed by atoms with van der Waals surface area (Å²) in [5, 5.41) is 3.00. The van der Waals surface area contributed by atoms with Gasteiger partial charge in [0.1, 0.15) is 5.60 Å². The van der Waals surface area contributed by atoms with Gasteiger partial charge in [-0.2, -0.15) is 0 Å². The maximum absolute atomic E-state index is 11.8. The van der Waals surface area contributed by atoms with Gasteiger partial charge in [-0.05, 0) is 52.9 Å². The molecule has 0 spiro atoms. The molecule has 2 rings (SSSR count). The van der Waals surface area contributed by atoms with Gasteiger partial charge in [0.15, 0.2) is 0 Å². The van der Waals surface area contributed by atoms with Crippen LogP contribution >= 0.6 is 0 Å². The number of nitrogens with two attached hydrogens (primary N) is 1. The molecule has 0 unspecified atom stereocenters. The van der Waals surface area contributed by atoms with Crippen molar-refractivity contribution in [1.29, 1.82) is 0 Å². The lowest BCUT2D eigenvalue weighted by molar-refractivity contribution is 0.0322. The topological polar surface area (TPSA) is 64.3 Å². The second kappa shape index (κ2) is 3.36. The number of rotatable bonds is 2. The van der Waals surface area contributed by atoms with Crippen LogP contribution in [0.2, 0.25) is 0 Å². The van der Waals surface area contributed by atoms with Gasteiger partial charge in [0.05, 0.1) is 5.54 Å². The van der Waals surface area contributed by atoms with Crippen molar-refractivity contribution in [3.05, 3.63) is 0 Å². The molecule has 0 bridgehead atoms. The van der Waals surface area contributed by atoms with Crippen LogP contribution in [0, 0.1) is 0 Å². The van der Waals surface area contributed by atoms with Crippen LogP contribution in [0.25, 0.3) is 0 Å². The molecule has 0 atom stereocenters. The van der Waals surface area contributed by atoms with E-state index in [4.69, 9.17) is 10.5 Å². The first-order chi connectivity index (χ1) is 7.27. The molecule has 4 nitrogen and oxygen atoms in total. The monoisotopic (exact) mass is 226 g/mol. The van der Waals surface area contributed by atoms with Gasteiger partial charge in [-0.25, -0.2) is 4.79 Å². The second-order valence-electron chi connectivity index (χ2n) is 6.22. The smallest absolute Gasteiger partial charge is 0.408 e. The summed E-state index contributed by atoms with van der Waals surface area (Å²) in [7, 11) is 0. The molecular formula is C12H22N2O2. The summed E-state index contributed by atoms with van der Waals surface area (Å²) in [4.78, 5) is 11.8. The Morgan fingerprint density at radius 3 is 2.12 bits per heavy atom. The first-order valence-electron chi connectivity index (χ1n) is 6.07. The molecule has 0 aromatic rings. The zero-order valence-corrected chi connectivity index (χ0v) is 10.4. The molecule has 0 aliphatic heterocycles. The highest BCUT2D eigenvalue weighted by molar-refractivity contribution is 5.69. The Balaban J connectivity index is 1.95. The minimum Gasteiger partial charge on any atom is -0.444 e. The van der Waals surface area contributed by atoms with E-state index in [2.05, 4.69) is 5.32 Å². The van der Waals surface area contributed by atoms with Gasteiger partial charge < -0.3 is 15.8 Å². The Hall–Kier alpha value is -0.770. The van der Waals surface area contributed by atoms with E-state index < -0.39 is 5.60 Å². The average Bonchev–Trinajstić information content (AvgIpc) is 2.74. The predicted octanol–water partition coefficient (Wildman–Crippen LogP) is 1.93. The molecule has 2 aliphatic carbocycles. The summed E-state index contributed by atoms with van der Waals surface area (Å²) in [5.41, 5.74) is 5.43. The third kappa shape index (κ3) is 2.03. The van der Waals surface area contributed by atoms with Crippen LogP contribution in [-0.4, -0.2) is 22.8 Å². The highest BCUT2D eigenvalue weighted by Gasteiger charge is 2.60. The molecule has 1 amide bonds. The van der Waals surface area contributed by atoms with E-state index in [0.29, 0.717) is 0 Å². The summed E-state index contributed by atoms with van der Waals surface area (Å²) in [6.45, 7) is 5.61. The van der Waals surface area contributed by atoms with Crippen LogP contribution in [0.5, 0.6) is 0 Å². The van der Waals surface area contributed by atoms with E-state index in [1.807, 2.05) is 20.8 Å². The summed E-state index contributed by atoms with van der Waals surface area (Å²) in [5.74, 6) is 0. The highest BCUT2D eigenvalue weighted by Crippen LogP contribution is 2.52. The van der Waals surface area contributed by atoms with Crippen LogP contribution in [-0.2, 0) is 4.74 Å². The fraction of sp³-hybridized carbons (Fsp3) is 0.917. The molecule has 0 heterocycles. The number of carbonyl (C=O) groups is 1. The van der Waals surface area contributed by atoms with E-state index in [0.717, 1.165) is 32.1 Å². The van der Waals surface area contributed by atoms with Gasteiger partial charge in [0.25, 0.3) is 0 Å². The number of ether oxygens (including phenoxy) is 1. The van der Waals surface area contributed by atoms with E-state index in [1.54, 1.807) is 0 Å². The van der Waals surface area contributed by atoms with E-state index in [1.165, 1.54) is 0 Å². The number of nitrogens with one attached hydrogen (secondary N) is 1. The Labute approximate surface area is 96.9 Å². The molecule has 0 radical (unpaired) electrons.